The van der Waals surface area contributed by atoms with E-state index >= 15 is 0 Å². The Hall–Kier alpha value is -0.940. The summed E-state index contributed by atoms with van der Waals surface area (Å²) in [5, 5.41) is 14.5. The molecule has 0 saturated carbocycles. The molecule has 0 aromatic carbocycles. The number of rotatable bonds is 6. The minimum absolute atomic E-state index is 0.275. The second kappa shape index (κ2) is 5.60. The lowest BCUT2D eigenvalue weighted by molar-refractivity contribution is 0.0164. The molecule has 1 aromatic heterocycles. The highest BCUT2D eigenvalue weighted by Gasteiger charge is 2.31. The fourth-order valence-corrected chi connectivity index (χ4v) is 1.57. The molecular weight excluding hydrogens is 216 g/mol. The van der Waals surface area contributed by atoms with Crippen molar-refractivity contribution < 1.29 is 5.11 Å². The van der Waals surface area contributed by atoms with Crippen molar-refractivity contribution in [1.82, 2.24) is 19.7 Å². The van der Waals surface area contributed by atoms with Gasteiger partial charge in [0.1, 0.15) is 12.2 Å². The number of aliphatic hydroxyl groups is 1. The van der Waals surface area contributed by atoms with Crippen molar-refractivity contribution in [2.24, 2.45) is 0 Å². The van der Waals surface area contributed by atoms with Crippen LogP contribution in [0.4, 0.5) is 0 Å². The molecule has 0 amide bonds. The Bertz CT molecular complexity index is 346. The lowest BCUT2D eigenvalue weighted by Crippen LogP contribution is -2.49. The number of nitrogens with zero attached hydrogens (tertiary/aromatic N) is 4. The van der Waals surface area contributed by atoms with Gasteiger partial charge in [0.05, 0.1) is 6.10 Å². The largest absolute Gasteiger partial charge is 0.391 e. The van der Waals surface area contributed by atoms with Crippen LogP contribution in [0.2, 0.25) is 0 Å². The second-order valence-electron chi connectivity index (χ2n) is 5.17. The Balaban J connectivity index is 2.73. The van der Waals surface area contributed by atoms with E-state index in [9.17, 15) is 5.11 Å². The van der Waals surface area contributed by atoms with Gasteiger partial charge in [-0.25, -0.2) is 4.98 Å². The Morgan fingerprint density at radius 1 is 1.47 bits per heavy atom. The van der Waals surface area contributed by atoms with E-state index in [1.807, 2.05) is 37.5 Å². The lowest BCUT2D eigenvalue weighted by atomic mass is 9.93. The van der Waals surface area contributed by atoms with Crippen molar-refractivity contribution in [3.8, 4) is 0 Å². The summed E-state index contributed by atoms with van der Waals surface area (Å²) < 4.78 is 1.87. The summed E-state index contributed by atoms with van der Waals surface area (Å²) in [6.07, 6.45) is 2.65. The molecule has 0 aliphatic rings. The molecule has 0 radical (unpaired) electrons. The molecule has 98 valence electrons. The molecule has 1 aromatic rings. The maximum atomic E-state index is 10.3. The van der Waals surface area contributed by atoms with Gasteiger partial charge in [-0.2, -0.15) is 5.10 Å². The van der Waals surface area contributed by atoms with Gasteiger partial charge in [-0.15, -0.1) is 0 Å². The molecule has 0 spiro atoms. The van der Waals surface area contributed by atoms with Gasteiger partial charge in [-0.05, 0) is 34.4 Å². The summed E-state index contributed by atoms with van der Waals surface area (Å²) in [6, 6.07) is 0. The molecule has 5 nitrogen and oxygen atoms in total. The fourth-order valence-electron chi connectivity index (χ4n) is 1.57. The average Bonchev–Trinajstić information content (AvgIpc) is 2.66. The number of aromatic nitrogens is 3. The predicted octanol–water partition coefficient (Wildman–Crippen LogP) is 0.932. The van der Waals surface area contributed by atoms with Crippen molar-refractivity contribution >= 4 is 0 Å². The molecule has 1 unspecified atom stereocenters. The molecule has 0 fully saturated rings. The number of aliphatic hydroxyl groups excluding tert-OH is 1. The van der Waals surface area contributed by atoms with Gasteiger partial charge in [0.15, 0.2) is 0 Å². The normalized spacial score (nSPS) is 14.3. The highest BCUT2D eigenvalue weighted by molar-refractivity contribution is 4.95. The van der Waals surface area contributed by atoms with Crippen molar-refractivity contribution in [3.63, 3.8) is 0 Å². The third kappa shape index (κ3) is 3.26. The first-order chi connectivity index (χ1) is 7.89. The third-order valence-electron chi connectivity index (χ3n) is 3.48. The summed E-state index contributed by atoms with van der Waals surface area (Å²) in [7, 11) is 3.94. The maximum Gasteiger partial charge on any atom is 0.138 e. The molecule has 1 rings (SSSR count). The highest BCUT2D eigenvalue weighted by atomic mass is 16.3. The van der Waals surface area contributed by atoms with Gasteiger partial charge in [0.2, 0.25) is 0 Å². The molecule has 0 aliphatic heterocycles. The van der Waals surface area contributed by atoms with E-state index in [2.05, 4.69) is 17.0 Å². The Morgan fingerprint density at radius 2 is 2.12 bits per heavy atom. The molecule has 1 N–H and O–H groups in total. The van der Waals surface area contributed by atoms with Crippen LogP contribution in [0.15, 0.2) is 6.33 Å². The molecule has 5 heteroatoms. The first-order valence-electron chi connectivity index (χ1n) is 6.11. The van der Waals surface area contributed by atoms with Crippen LogP contribution in [0.1, 0.15) is 33.0 Å². The van der Waals surface area contributed by atoms with E-state index < -0.39 is 6.10 Å². The van der Waals surface area contributed by atoms with E-state index in [4.69, 9.17) is 0 Å². The monoisotopic (exact) mass is 240 g/mol. The van der Waals surface area contributed by atoms with E-state index in [1.165, 1.54) is 0 Å². The first kappa shape index (κ1) is 14.1. The van der Waals surface area contributed by atoms with E-state index in [0.29, 0.717) is 6.42 Å². The third-order valence-corrected chi connectivity index (χ3v) is 3.48. The fraction of sp³-hybridized carbons (Fsp3) is 0.833. The van der Waals surface area contributed by atoms with Gasteiger partial charge in [0.25, 0.3) is 0 Å². The van der Waals surface area contributed by atoms with Gasteiger partial charge in [-0.3, -0.25) is 4.68 Å². The minimum atomic E-state index is -0.461. The van der Waals surface area contributed by atoms with Gasteiger partial charge in [0, 0.05) is 18.5 Å². The van der Waals surface area contributed by atoms with Crippen LogP contribution < -0.4 is 0 Å². The molecule has 17 heavy (non-hydrogen) atoms. The zero-order valence-electron chi connectivity index (χ0n) is 11.5. The van der Waals surface area contributed by atoms with Gasteiger partial charge >= 0.3 is 0 Å². The molecule has 0 saturated heterocycles. The Labute approximate surface area is 103 Å². The molecular formula is C12H24N4O. The van der Waals surface area contributed by atoms with Crippen LogP contribution in [-0.4, -0.2) is 50.5 Å². The Morgan fingerprint density at radius 3 is 2.65 bits per heavy atom. The zero-order valence-corrected chi connectivity index (χ0v) is 11.5. The number of aryl methyl sites for hydroxylation is 1. The quantitative estimate of drug-likeness (QED) is 0.804. The van der Waals surface area contributed by atoms with Crippen molar-refractivity contribution in [2.45, 2.75) is 51.8 Å². The summed E-state index contributed by atoms with van der Waals surface area (Å²) in [6.45, 7) is 7.01. The summed E-state index contributed by atoms with van der Waals surface area (Å²) in [5.41, 5.74) is -0.275. The average molecular weight is 240 g/mol. The molecule has 1 atom stereocenters. The smallest absolute Gasteiger partial charge is 0.138 e. The SMILES string of the molecule is CCCn1ncnc1CC(O)C(C)(C)N(C)C. The van der Waals surface area contributed by atoms with Crippen LogP contribution in [0.3, 0.4) is 0 Å². The standard InChI is InChI=1S/C12H24N4O/c1-6-7-16-11(13-9-14-16)8-10(17)12(2,3)15(4)5/h9-10,17H,6-8H2,1-5H3. The molecule has 0 bridgehead atoms. The van der Waals surface area contributed by atoms with Crippen LogP contribution >= 0.6 is 0 Å². The highest BCUT2D eigenvalue weighted by Crippen LogP contribution is 2.18. The molecule has 1 heterocycles. The number of hydrogen-bond acceptors (Lipinski definition) is 4. The zero-order chi connectivity index (χ0) is 13.1. The molecule has 0 aliphatic carbocycles. The number of likely N-dealkylation sites (N-methyl/N-ethyl adjacent to an activating group) is 1. The van der Waals surface area contributed by atoms with E-state index in [0.717, 1.165) is 18.8 Å². The Kier molecular flexibility index (Phi) is 4.65. The second-order valence-corrected chi connectivity index (χ2v) is 5.17. The van der Waals surface area contributed by atoms with Crippen LogP contribution in [0.5, 0.6) is 0 Å². The van der Waals surface area contributed by atoms with Gasteiger partial charge < -0.3 is 10.0 Å². The van der Waals surface area contributed by atoms with Crippen LogP contribution in [-0.2, 0) is 13.0 Å². The van der Waals surface area contributed by atoms with Crippen molar-refractivity contribution in [3.05, 3.63) is 12.2 Å². The number of hydrogen-bond donors (Lipinski definition) is 1. The van der Waals surface area contributed by atoms with Crippen LogP contribution in [0, 0.1) is 0 Å². The summed E-state index contributed by atoms with van der Waals surface area (Å²) in [4.78, 5) is 6.25. The topological polar surface area (TPSA) is 54.2 Å². The van der Waals surface area contributed by atoms with Gasteiger partial charge in [-0.1, -0.05) is 6.92 Å². The summed E-state index contributed by atoms with van der Waals surface area (Å²) >= 11 is 0. The van der Waals surface area contributed by atoms with Crippen molar-refractivity contribution in [1.29, 1.82) is 0 Å². The first-order valence-corrected chi connectivity index (χ1v) is 6.11. The van der Waals surface area contributed by atoms with E-state index in [1.54, 1.807) is 6.33 Å². The maximum absolute atomic E-state index is 10.3. The minimum Gasteiger partial charge on any atom is -0.391 e. The van der Waals surface area contributed by atoms with Crippen LogP contribution in [0.25, 0.3) is 0 Å². The lowest BCUT2D eigenvalue weighted by Gasteiger charge is -2.37. The summed E-state index contributed by atoms with van der Waals surface area (Å²) in [5.74, 6) is 0.856. The predicted molar refractivity (Wildman–Crippen MR) is 67.8 cm³/mol. The van der Waals surface area contributed by atoms with Crippen molar-refractivity contribution in [2.75, 3.05) is 14.1 Å². The van der Waals surface area contributed by atoms with E-state index in [-0.39, 0.29) is 5.54 Å².